The van der Waals surface area contributed by atoms with E-state index in [9.17, 15) is 5.11 Å². The summed E-state index contributed by atoms with van der Waals surface area (Å²) >= 11 is 0. The minimum absolute atomic E-state index is 0.333. The Morgan fingerprint density at radius 1 is 1.19 bits per heavy atom. The molecule has 2 nitrogen and oxygen atoms in total. The Morgan fingerprint density at radius 2 is 1.88 bits per heavy atom. The van der Waals surface area contributed by atoms with Gasteiger partial charge in [0.1, 0.15) is 0 Å². The maximum atomic E-state index is 10.6. The fourth-order valence-electron chi connectivity index (χ4n) is 3.61. The standard InChI is InChI=1S/C14H27NO/c1-12(2)15-10-6-7-13(15)11-14(16)8-4-3-5-9-14/h12-13,16H,3-11H2,1-2H3. The van der Waals surface area contributed by atoms with E-state index in [0.717, 1.165) is 19.3 Å². The lowest BCUT2D eigenvalue weighted by Gasteiger charge is -2.38. The van der Waals surface area contributed by atoms with E-state index in [0.29, 0.717) is 12.1 Å². The molecular formula is C14H27NO. The second-order valence-electron chi connectivity index (χ2n) is 6.12. The van der Waals surface area contributed by atoms with Gasteiger partial charge >= 0.3 is 0 Å². The van der Waals surface area contributed by atoms with Gasteiger partial charge in [0.25, 0.3) is 0 Å². The van der Waals surface area contributed by atoms with Crippen molar-refractivity contribution >= 4 is 0 Å². The second-order valence-corrected chi connectivity index (χ2v) is 6.12. The van der Waals surface area contributed by atoms with Crippen LogP contribution in [0.1, 0.15) is 65.2 Å². The van der Waals surface area contributed by atoms with E-state index >= 15 is 0 Å². The number of hydrogen-bond acceptors (Lipinski definition) is 2. The summed E-state index contributed by atoms with van der Waals surface area (Å²) in [5.41, 5.74) is -0.333. The minimum atomic E-state index is -0.333. The predicted molar refractivity (Wildman–Crippen MR) is 67.5 cm³/mol. The van der Waals surface area contributed by atoms with Gasteiger partial charge in [-0.25, -0.2) is 0 Å². The lowest BCUT2D eigenvalue weighted by atomic mass is 9.80. The van der Waals surface area contributed by atoms with Crippen LogP contribution >= 0.6 is 0 Å². The minimum Gasteiger partial charge on any atom is -0.390 e. The summed E-state index contributed by atoms with van der Waals surface area (Å²) in [5, 5.41) is 10.6. The number of likely N-dealkylation sites (tertiary alicyclic amines) is 1. The molecule has 2 aliphatic rings. The third-order valence-electron chi connectivity index (χ3n) is 4.49. The van der Waals surface area contributed by atoms with E-state index in [1.165, 1.54) is 38.6 Å². The van der Waals surface area contributed by atoms with Crippen LogP contribution in [-0.2, 0) is 0 Å². The summed E-state index contributed by atoms with van der Waals surface area (Å²) in [6.07, 6.45) is 9.48. The van der Waals surface area contributed by atoms with Crippen LogP contribution in [0.4, 0.5) is 0 Å². The number of nitrogens with zero attached hydrogens (tertiary/aromatic N) is 1. The highest BCUT2D eigenvalue weighted by Crippen LogP contribution is 2.35. The molecule has 1 aliphatic carbocycles. The highest BCUT2D eigenvalue weighted by atomic mass is 16.3. The van der Waals surface area contributed by atoms with E-state index in [4.69, 9.17) is 0 Å². The van der Waals surface area contributed by atoms with Crippen LogP contribution in [0.2, 0.25) is 0 Å². The van der Waals surface area contributed by atoms with Crippen molar-refractivity contribution in [2.24, 2.45) is 0 Å². The maximum absolute atomic E-state index is 10.6. The Balaban J connectivity index is 1.92. The highest BCUT2D eigenvalue weighted by Gasteiger charge is 2.36. The quantitative estimate of drug-likeness (QED) is 0.798. The van der Waals surface area contributed by atoms with E-state index < -0.39 is 0 Å². The number of hydrogen-bond donors (Lipinski definition) is 1. The smallest absolute Gasteiger partial charge is 0.0662 e. The van der Waals surface area contributed by atoms with Crippen LogP contribution in [0, 0.1) is 0 Å². The van der Waals surface area contributed by atoms with Crippen molar-refractivity contribution in [1.29, 1.82) is 0 Å². The van der Waals surface area contributed by atoms with Gasteiger partial charge in [0, 0.05) is 12.1 Å². The SMILES string of the molecule is CC(C)N1CCCC1CC1(O)CCCCC1. The summed E-state index contributed by atoms with van der Waals surface area (Å²) in [5.74, 6) is 0. The van der Waals surface area contributed by atoms with Gasteiger partial charge in [-0.15, -0.1) is 0 Å². The van der Waals surface area contributed by atoms with Crippen LogP contribution in [-0.4, -0.2) is 34.2 Å². The Bertz CT molecular complexity index is 221. The van der Waals surface area contributed by atoms with E-state index in [-0.39, 0.29) is 5.60 Å². The molecule has 0 bridgehead atoms. The molecule has 0 amide bonds. The molecule has 94 valence electrons. The zero-order valence-corrected chi connectivity index (χ0v) is 10.9. The molecule has 1 saturated carbocycles. The first-order valence-electron chi connectivity index (χ1n) is 7.09. The van der Waals surface area contributed by atoms with Crippen molar-refractivity contribution in [3.8, 4) is 0 Å². The van der Waals surface area contributed by atoms with Crippen LogP contribution in [0.25, 0.3) is 0 Å². The first-order chi connectivity index (χ1) is 7.61. The molecule has 1 unspecified atom stereocenters. The van der Waals surface area contributed by atoms with Crippen molar-refractivity contribution in [3.63, 3.8) is 0 Å². The molecule has 2 rings (SSSR count). The topological polar surface area (TPSA) is 23.5 Å². The number of aliphatic hydroxyl groups is 1. The van der Waals surface area contributed by atoms with E-state index in [1.54, 1.807) is 0 Å². The van der Waals surface area contributed by atoms with Gasteiger partial charge in [-0.1, -0.05) is 19.3 Å². The fourth-order valence-corrected chi connectivity index (χ4v) is 3.61. The molecule has 0 radical (unpaired) electrons. The first kappa shape index (κ1) is 12.4. The van der Waals surface area contributed by atoms with Gasteiger partial charge in [-0.3, -0.25) is 4.90 Å². The summed E-state index contributed by atoms with van der Waals surface area (Å²) in [6.45, 7) is 5.80. The zero-order valence-electron chi connectivity index (χ0n) is 10.9. The van der Waals surface area contributed by atoms with Crippen LogP contribution in [0.15, 0.2) is 0 Å². The molecule has 1 aliphatic heterocycles. The van der Waals surface area contributed by atoms with Gasteiger partial charge in [0.2, 0.25) is 0 Å². The summed E-state index contributed by atoms with van der Waals surface area (Å²) in [4.78, 5) is 2.59. The molecule has 0 spiro atoms. The zero-order chi connectivity index (χ0) is 11.6. The maximum Gasteiger partial charge on any atom is 0.0662 e. The Hall–Kier alpha value is -0.0800. The fraction of sp³-hybridized carbons (Fsp3) is 1.00. The summed E-state index contributed by atoms with van der Waals surface area (Å²) in [7, 11) is 0. The van der Waals surface area contributed by atoms with E-state index in [1.807, 2.05) is 0 Å². The molecule has 1 atom stereocenters. The van der Waals surface area contributed by atoms with Gasteiger partial charge in [0.15, 0.2) is 0 Å². The highest BCUT2D eigenvalue weighted by molar-refractivity contribution is 4.91. The van der Waals surface area contributed by atoms with E-state index in [2.05, 4.69) is 18.7 Å². The van der Waals surface area contributed by atoms with Crippen LogP contribution in [0.3, 0.4) is 0 Å². The molecule has 0 aromatic carbocycles. The summed E-state index contributed by atoms with van der Waals surface area (Å²) in [6, 6.07) is 1.28. The average Bonchev–Trinajstić information content (AvgIpc) is 2.66. The average molecular weight is 225 g/mol. The molecule has 1 saturated heterocycles. The Morgan fingerprint density at radius 3 is 2.50 bits per heavy atom. The molecule has 2 heteroatoms. The largest absolute Gasteiger partial charge is 0.390 e. The predicted octanol–water partition coefficient (Wildman–Crippen LogP) is 2.94. The van der Waals surface area contributed by atoms with Crippen LogP contribution < -0.4 is 0 Å². The first-order valence-corrected chi connectivity index (χ1v) is 7.09. The van der Waals surface area contributed by atoms with Gasteiger partial charge in [-0.2, -0.15) is 0 Å². The summed E-state index contributed by atoms with van der Waals surface area (Å²) < 4.78 is 0. The van der Waals surface area contributed by atoms with Crippen molar-refractivity contribution in [2.45, 2.75) is 82.9 Å². The van der Waals surface area contributed by atoms with Crippen LogP contribution in [0.5, 0.6) is 0 Å². The monoisotopic (exact) mass is 225 g/mol. The third-order valence-corrected chi connectivity index (χ3v) is 4.49. The molecule has 16 heavy (non-hydrogen) atoms. The molecule has 0 aromatic rings. The molecule has 1 N–H and O–H groups in total. The molecule has 0 aromatic heterocycles. The normalized spacial score (nSPS) is 31.1. The van der Waals surface area contributed by atoms with Gasteiger partial charge in [0.05, 0.1) is 5.60 Å². The molecular weight excluding hydrogens is 198 g/mol. The second kappa shape index (κ2) is 5.05. The van der Waals surface area contributed by atoms with Crippen molar-refractivity contribution in [1.82, 2.24) is 4.90 Å². The lowest BCUT2D eigenvalue weighted by Crippen LogP contribution is -2.43. The van der Waals surface area contributed by atoms with Crippen molar-refractivity contribution in [3.05, 3.63) is 0 Å². The molecule has 1 heterocycles. The number of rotatable bonds is 3. The van der Waals surface area contributed by atoms with Crippen molar-refractivity contribution < 1.29 is 5.11 Å². The Kier molecular flexibility index (Phi) is 3.91. The van der Waals surface area contributed by atoms with Gasteiger partial charge in [-0.05, 0) is 52.5 Å². The van der Waals surface area contributed by atoms with Crippen molar-refractivity contribution in [2.75, 3.05) is 6.54 Å². The Labute approximate surface area is 100 Å². The molecule has 2 fully saturated rings. The third kappa shape index (κ3) is 2.78. The lowest BCUT2D eigenvalue weighted by molar-refractivity contribution is -0.0249. The van der Waals surface area contributed by atoms with Gasteiger partial charge < -0.3 is 5.11 Å².